The molecule has 0 bridgehead atoms. The first-order valence-electron chi connectivity index (χ1n) is 11.2. The normalized spacial score (nSPS) is 20.0. The van der Waals surface area contributed by atoms with Crippen LogP contribution in [-0.2, 0) is 14.3 Å². The summed E-state index contributed by atoms with van der Waals surface area (Å²) in [6.07, 6.45) is 1.96. The number of fused-ring (bicyclic) bond motifs is 3. The molecule has 1 saturated heterocycles. The van der Waals surface area contributed by atoms with Gasteiger partial charge in [0.25, 0.3) is 0 Å². The van der Waals surface area contributed by atoms with Crippen molar-refractivity contribution in [1.82, 2.24) is 10.2 Å². The zero-order valence-electron chi connectivity index (χ0n) is 17.7. The van der Waals surface area contributed by atoms with E-state index in [1.54, 1.807) is 0 Å². The van der Waals surface area contributed by atoms with Gasteiger partial charge in [0.15, 0.2) is 0 Å². The quantitative estimate of drug-likeness (QED) is 0.697. The molecule has 7 heteroatoms. The highest BCUT2D eigenvalue weighted by Crippen LogP contribution is 2.44. The van der Waals surface area contributed by atoms with Gasteiger partial charge < -0.3 is 20.1 Å². The van der Waals surface area contributed by atoms with E-state index in [4.69, 9.17) is 4.74 Å². The number of ether oxygens (including phenoxy) is 1. The van der Waals surface area contributed by atoms with Gasteiger partial charge in [-0.15, -0.1) is 0 Å². The summed E-state index contributed by atoms with van der Waals surface area (Å²) in [5.41, 5.74) is 4.63. The highest BCUT2D eigenvalue weighted by Gasteiger charge is 2.41. The summed E-state index contributed by atoms with van der Waals surface area (Å²) in [4.78, 5) is 37.8. The molecule has 1 aliphatic heterocycles. The summed E-state index contributed by atoms with van der Waals surface area (Å²) < 4.78 is 5.62. The van der Waals surface area contributed by atoms with E-state index in [0.29, 0.717) is 13.0 Å². The minimum absolute atomic E-state index is 0.0217. The number of carboxylic acids is 1. The van der Waals surface area contributed by atoms with Gasteiger partial charge in [0.1, 0.15) is 12.6 Å². The monoisotopic (exact) mass is 434 g/mol. The van der Waals surface area contributed by atoms with Crippen molar-refractivity contribution < 1.29 is 24.2 Å². The number of hydrogen-bond donors (Lipinski definition) is 2. The third-order valence-electron chi connectivity index (χ3n) is 6.86. The second kappa shape index (κ2) is 8.30. The fraction of sp³-hybridized carbons (Fsp3) is 0.400. The molecule has 166 valence electrons. The Morgan fingerprint density at radius 1 is 1.00 bits per heavy atom. The van der Waals surface area contributed by atoms with Crippen molar-refractivity contribution in [3.05, 3.63) is 59.7 Å². The predicted molar refractivity (Wildman–Crippen MR) is 117 cm³/mol. The number of aliphatic carboxylic acids is 1. The largest absolute Gasteiger partial charge is 0.480 e. The van der Waals surface area contributed by atoms with E-state index in [2.05, 4.69) is 29.6 Å². The molecule has 2 N–H and O–H groups in total. The van der Waals surface area contributed by atoms with Crippen molar-refractivity contribution in [2.75, 3.05) is 13.2 Å². The van der Waals surface area contributed by atoms with E-state index in [0.717, 1.165) is 24.0 Å². The second-order valence-corrected chi connectivity index (χ2v) is 8.85. The highest BCUT2D eigenvalue weighted by molar-refractivity contribution is 5.86. The predicted octanol–water partition coefficient (Wildman–Crippen LogP) is 3.38. The SMILES string of the molecule is O=C(NC(CC(=O)N1CCC1C(=O)O)C1CC1)OCC1c2ccccc2-c2ccccc21. The van der Waals surface area contributed by atoms with Gasteiger partial charge in [0.05, 0.1) is 0 Å². The Labute approximate surface area is 186 Å². The number of alkyl carbamates (subject to hydrolysis) is 1. The topological polar surface area (TPSA) is 95.9 Å². The van der Waals surface area contributed by atoms with Crippen LogP contribution in [0.15, 0.2) is 48.5 Å². The average Bonchev–Trinajstić information content (AvgIpc) is 3.54. The summed E-state index contributed by atoms with van der Waals surface area (Å²) in [7, 11) is 0. The molecule has 2 unspecified atom stereocenters. The standard InChI is InChI=1S/C25H26N2O5/c28-23(27-12-11-22(27)24(29)30)13-21(15-9-10-15)26-25(31)32-14-20-18-7-3-1-5-16(18)17-6-2-4-8-19(17)20/h1-8,15,20-22H,9-14H2,(H,26,31)(H,29,30). The fourth-order valence-electron chi connectivity index (χ4n) is 4.87. The first-order valence-corrected chi connectivity index (χ1v) is 11.2. The minimum atomic E-state index is -0.975. The third-order valence-corrected chi connectivity index (χ3v) is 6.86. The molecule has 2 aromatic rings. The van der Waals surface area contributed by atoms with Crippen LogP contribution in [0.1, 0.15) is 42.7 Å². The Hall–Kier alpha value is -3.35. The minimum Gasteiger partial charge on any atom is -0.480 e. The molecule has 2 fully saturated rings. The van der Waals surface area contributed by atoms with Gasteiger partial charge in [-0.25, -0.2) is 9.59 Å². The van der Waals surface area contributed by atoms with Crippen LogP contribution in [0.4, 0.5) is 4.79 Å². The highest BCUT2D eigenvalue weighted by atomic mass is 16.5. The molecule has 2 aromatic carbocycles. The van der Waals surface area contributed by atoms with Crippen molar-refractivity contribution in [1.29, 1.82) is 0 Å². The Morgan fingerprint density at radius 2 is 1.62 bits per heavy atom. The number of carbonyl (C=O) groups is 3. The van der Waals surface area contributed by atoms with Crippen molar-refractivity contribution in [3.8, 4) is 11.1 Å². The second-order valence-electron chi connectivity index (χ2n) is 8.85. The Balaban J connectivity index is 1.21. The number of hydrogen-bond acceptors (Lipinski definition) is 4. The number of carboxylic acid groups (broad SMARTS) is 1. The van der Waals surface area contributed by atoms with Crippen LogP contribution in [0.5, 0.6) is 0 Å². The molecule has 3 aliphatic rings. The lowest BCUT2D eigenvalue weighted by atomic mass is 9.98. The molecule has 2 aliphatic carbocycles. The maximum Gasteiger partial charge on any atom is 0.407 e. The average molecular weight is 434 g/mol. The van der Waals surface area contributed by atoms with Crippen molar-refractivity contribution in [2.45, 2.75) is 43.7 Å². The van der Waals surface area contributed by atoms with E-state index in [9.17, 15) is 19.5 Å². The Kier molecular flexibility index (Phi) is 5.33. The van der Waals surface area contributed by atoms with Crippen LogP contribution < -0.4 is 5.32 Å². The fourth-order valence-corrected chi connectivity index (χ4v) is 4.87. The van der Waals surface area contributed by atoms with E-state index >= 15 is 0 Å². The number of carbonyl (C=O) groups excluding carboxylic acids is 2. The van der Waals surface area contributed by atoms with Crippen LogP contribution >= 0.6 is 0 Å². The molecule has 5 rings (SSSR count). The maximum absolute atomic E-state index is 12.6. The molecule has 0 radical (unpaired) electrons. The van der Waals surface area contributed by atoms with Crippen LogP contribution in [0.3, 0.4) is 0 Å². The van der Waals surface area contributed by atoms with E-state index in [-0.39, 0.29) is 36.8 Å². The number of nitrogens with zero attached hydrogens (tertiary/aromatic N) is 1. The first-order chi connectivity index (χ1) is 15.5. The summed E-state index contributed by atoms with van der Waals surface area (Å²) in [5.74, 6) is -0.980. The Bertz CT molecular complexity index is 1020. The number of rotatable bonds is 7. The zero-order valence-corrected chi connectivity index (χ0v) is 17.7. The van der Waals surface area contributed by atoms with Crippen LogP contribution in [0, 0.1) is 5.92 Å². The zero-order chi connectivity index (χ0) is 22.2. The molecule has 0 aromatic heterocycles. The third kappa shape index (κ3) is 3.83. The molecule has 1 heterocycles. The van der Waals surface area contributed by atoms with Gasteiger partial charge in [0.2, 0.25) is 5.91 Å². The molecular weight excluding hydrogens is 408 g/mol. The molecule has 7 nitrogen and oxygen atoms in total. The summed E-state index contributed by atoms with van der Waals surface area (Å²) >= 11 is 0. The summed E-state index contributed by atoms with van der Waals surface area (Å²) in [5, 5.41) is 12.1. The van der Waals surface area contributed by atoms with Gasteiger partial charge in [-0.3, -0.25) is 4.79 Å². The molecular formula is C25H26N2O5. The van der Waals surface area contributed by atoms with E-state index in [1.807, 2.05) is 24.3 Å². The number of amides is 2. The van der Waals surface area contributed by atoms with Crippen LogP contribution in [-0.4, -0.2) is 53.2 Å². The van der Waals surface area contributed by atoms with Gasteiger partial charge >= 0.3 is 12.1 Å². The molecule has 1 saturated carbocycles. The lowest BCUT2D eigenvalue weighted by Gasteiger charge is -2.38. The van der Waals surface area contributed by atoms with Gasteiger partial charge in [-0.2, -0.15) is 0 Å². The number of likely N-dealkylation sites (tertiary alicyclic amines) is 1. The molecule has 2 amide bonds. The summed E-state index contributed by atoms with van der Waals surface area (Å²) in [6.45, 7) is 0.677. The van der Waals surface area contributed by atoms with Gasteiger partial charge in [-0.1, -0.05) is 48.5 Å². The van der Waals surface area contributed by atoms with Crippen molar-refractivity contribution in [3.63, 3.8) is 0 Å². The van der Waals surface area contributed by atoms with Crippen LogP contribution in [0.2, 0.25) is 0 Å². The Morgan fingerprint density at radius 3 is 2.16 bits per heavy atom. The van der Waals surface area contributed by atoms with Crippen molar-refractivity contribution in [2.24, 2.45) is 5.92 Å². The van der Waals surface area contributed by atoms with E-state index < -0.39 is 18.1 Å². The number of benzene rings is 2. The molecule has 2 atom stereocenters. The number of nitrogens with one attached hydrogen (secondary N) is 1. The van der Waals surface area contributed by atoms with E-state index in [1.165, 1.54) is 16.0 Å². The molecule has 0 spiro atoms. The first kappa shape index (κ1) is 20.5. The van der Waals surface area contributed by atoms with Crippen molar-refractivity contribution >= 4 is 18.0 Å². The van der Waals surface area contributed by atoms with Crippen LogP contribution in [0.25, 0.3) is 11.1 Å². The lowest BCUT2D eigenvalue weighted by Crippen LogP contribution is -2.56. The van der Waals surface area contributed by atoms with Gasteiger partial charge in [-0.05, 0) is 47.4 Å². The van der Waals surface area contributed by atoms with Gasteiger partial charge in [0, 0.05) is 24.9 Å². The molecule has 32 heavy (non-hydrogen) atoms. The lowest BCUT2D eigenvalue weighted by molar-refractivity contribution is -0.157. The maximum atomic E-state index is 12.6. The smallest absolute Gasteiger partial charge is 0.407 e. The summed E-state index contributed by atoms with van der Waals surface area (Å²) in [6, 6.07) is 15.2.